The molecule has 1 N–H and O–H groups in total. The monoisotopic (exact) mass is 217 g/mol. The van der Waals surface area contributed by atoms with Gasteiger partial charge < -0.3 is 10.1 Å². The summed E-state index contributed by atoms with van der Waals surface area (Å²) in [6.45, 7) is 0. The van der Waals surface area contributed by atoms with Gasteiger partial charge in [-0.25, -0.2) is 0 Å². The first kappa shape index (κ1) is 10.2. The zero-order valence-electron chi connectivity index (χ0n) is 9.83. The number of benzene rings is 1. The van der Waals surface area contributed by atoms with Gasteiger partial charge in [0.15, 0.2) is 0 Å². The van der Waals surface area contributed by atoms with Crippen molar-refractivity contribution >= 4 is 0 Å². The van der Waals surface area contributed by atoms with Crippen LogP contribution in [0.4, 0.5) is 0 Å². The van der Waals surface area contributed by atoms with Gasteiger partial charge in [-0.05, 0) is 62.4 Å². The Morgan fingerprint density at radius 1 is 1.25 bits per heavy atom. The summed E-state index contributed by atoms with van der Waals surface area (Å²) in [5.41, 5.74) is 2.93. The van der Waals surface area contributed by atoms with Crippen molar-refractivity contribution in [2.45, 2.75) is 44.2 Å². The summed E-state index contributed by atoms with van der Waals surface area (Å²) >= 11 is 0. The number of hydrogen-bond donors (Lipinski definition) is 1. The van der Waals surface area contributed by atoms with Crippen LogP contribution in [0.2, 0.25) is 0 Å². The van der Waals surface area contributed by atoms with Gasteiger partial charge in [-0.2, -0.15) is 0 Å². The van der Waals surface area contributed by atoms with Crippen molar-refractivity contribution in [3.8, 4) is 5.75 Å². The van der Waals surface area contributed by atoms with Crippen LogP contribution in [0.25, 0.3) is 0 Å². The maximum atomic E-state index is 5.92. The first-order valence-corrected chi connectivity index (χ1v) is 6.33. The van der Waals surface area contributed by atoms with Gasteiger partial charge >= 0.3 is 0 Å². The SMILES string of the molecule is CNC1CCc2cc(OC3CCC3)ccc21. The minimum absolute atomic E-state index is 0.486. The van der Waals surface area contributed by atoms with Crippen LogP contribution in [0, 0.1) is 0 Å². The van der Waals surface area contributed by atoms with E-state index in [-0.39, 0.29) is 0 Å². The van der Waals surface area contributed by atoms with Crippen LogP contribution in [0.1, 0.15) is 42.9 Å². The fourth-order valence-corrected chi connectivity index (χ4v) is 2.65. The van der Waals surface area contributed by atoms with Crippen LogP contribution in [0.5, 0.6) is 5.75 Å². The largest absolute Gasteiger partial charge is 0.490 e. The molecule has 0 saturated heterocycles. The molecule has 1 aromatic carbocycles. The van der Waals surface area contributed by atoms with Gasteiger partial charge in [-0.15, -0.1) is 0 Å². The molecule has 1 saturated carbocycles. The van der Waals surface area contributed by atoms with Gasteiger partial charge in [0.25, 0.3) is 0 Å². The van der Waals surface area contributed by atoms with Crippen molar-refractivity contribution < 1.29 is 4.74 Å². The van der Waals surface area contributed by atoms with Crippen LogP contribution in [0.15, 0.2) is 18.2 Å². The maximum absolute atomic E-state index is 5.92. The van der Waals surface area contributed by atoms with Crippen molar-refractivity contribution in [2.24, 2.45) is 0 Å². The highest BCUT2D eigenvalue weighted by Gasteiger charge is 2.23. The molecule has 1 fully saturated rings. The Hall–Kier alpha value is -1.02. The average Bonchev–Trinajstić information content (AvgIpc) is 2.65. The number of aryl methyl sites for hydroxylation is 1. The van der Waals surface area contributed by atoms with E-state index in [2.05, 4.69) is 23.5 Å². The van der Waals surface area contributed by atoms with E-state index in [1.807, 2.05) is 7.05 Å². The summed E-state index contributed by atoms with van der Waals surface area (Å²) in [6, 6.07) is 7.16. The molecule has 2 heteroatoms. The first-order chi connectivity index (χ1) is 7.86. The lowest BCUT2D eigenvalue weighted by atomic mass is 9.96. The summed E-state index contributed by atoms with van der Waals surface area (Å²) < 4.78 is 5.92. The summed E-state index contributed by atoms with van der Waals surface area (Å²) in [5, 5.41) is 3.36. The molecule has 0 amide bonds. The van der Waals surface area contributed by atoms with E-state index in [1.54, 1.807) is 0 Å². The predicted octanol–water partition coefficient (Wildman–Crippen LogP) is 2.82. The van der Waals surface area contributed by atoms with Crippen molar-refractivity contribution in [1.82, 2.24) is 5.32 Å². The second-order valence-electron chi connectivity index (χ2n) is 4.91. The molecule has 0 aliphatic heterocycles. The molecule has 1 atom stereocenters. The van der Waals surface area contributed by atoms with E-state index >= 15 is 0 Å². The maximum Gasteiger partial charge on any atom is 0.120 e. The molecule has 1 aromatic rings. The minimum atomic E-state index is 0.486. The quantitative estimate of drug-likeness (QED) is 0.840. The van der Waals surface area contributed by atoms with Gasteiger partial charge in [-0.1, -0.05) is 6.07 Å². The smallest absolute Gasteiger partial charge is 0.120 e. The Bertz CT molecular complexity index is 384. The van der Waals surface area contributed by atoms with E-state index in [4.69, 9.17) is 4.74 Å². The third kappa shape index (κ3) is 1.71. The van der Waals surface area contributed by atoms with E-state index < -0.39 is 0 Å². The lowest BCUT2D eigenvalue weighted by molar-refractivity contribution is 0.120. The molecule has 1 unspecified atom stereocenters. The van der Waals surface area contributed by atoms with Crippen molar-refractivity contribution in [1.29, 1.82) is 0 Å². The van der Waals surface area contributed by atoms with E-state index in [0.29, 0.717) is 12.1 Å². The van der Waals surface area contributed by atoms with E-state index in [9.17, 15) is 0 Å². The van der Waals surface area contributed by atoms with Crippen molar-refractivity contribution in [3.05, 3.63) is 29.3 Å². The second-order valence-corrected chi connectivity index (χ2v) is 4.91. The van der Waals surface area contributed by atoms with Crippen molar-refractivity contribution in [3.63, 3.8) is 0 Å². The van der Waals surface area contributed by atoms with Crippen LogP contribution in [-0.4, -0.2) is 13.2 Å². The van der Waals surface area contributed by atoms with Crippen LogP contribution >= 0.6 is 0 Å². The zero-order valence-corrected chi connectivity index (χ0v) is 9.83. The topological polar surface area (TPSA) is 21.3 Å². The highest BCUT2D eigenvalue weighted by Crippen LogP contribution is 2.34. The van der Waals surface area contributed by atoms with Crippen LogP contribution in [-0.2, 0) is 6.42 Å². The Morgan fingerprint density at radius 3 is 2.81 bits per heavy atom. The molecule has 0 spiro atoms. The molecular formula is C14H19NO. The molecule has 0 radical (unpaired) electrons. The molecule has 0 bridgehead atoms. The number of ether oxygens (including phenoxy) is 1. The molecule has 2 aliphatic carbocycles. The molecule has 2 aliphatic rings. The highest BCUT2D eigenvalue weighted by molar-refractivity contribution is 5.40. The number of nitrogens with one attached hydrogen (secondary N) is 1. The third-order valence-corrected chi connectivity index (χ3v) is 3.90. The summed E-state index contributed by atoms with van der Waals surface area (Å²) in [5.74, 6) is 1.07. The Morgan fingerprint density at radius 2 is 2.12 bits per heavy atom. The normalized spacial score (nSPS) is 23.9. The third-order valence-electron chi connectivity index (χ3n) is 3.90. The van der Waals surface area contributed by atoms with Gasteiger partial charge in [0.2, 0.25) is 0 Å². The predicted molar refractivity (Wildman–Crippen MR) is 64.8 cm³/mol. The molecule has 2 nitrogen and oxygen atoms in total. The summed E-state index contributed by atoms with van der Waals surface area (Å²) in [7, 11) is 2.04. The Labute approximate surface area is 97.0 Å². The van der Waals surface area contributed by atoms with Gasteiger partial charge in [0.05, 0.1) is 6.10 Å². The lowest BCUT2D eigenvalue weighted by Gasteiger charge is -2.26. The van der Waals surface area contributed by atoms with Crippen LogP contribution in [0.3, 0.4) is 0 Å². The summed E-state index contributed by atoms with van der Waals surface area (Å²) in [4.78, 5) is 0. The minimum Gasteiger partial charge on any atom is -0.490 e. The van der Waals surface area contributed by atoms with Gasteiger partial charge in [0.1, 0.15) is 5.75 Å². The Balaban J connectivity index is 1.77. The van der Waals surface area contributed by atoms with Crippen LogP contribution < -0.4 is 10.1 Å². The molecular weight excluding hydrogens is 198 g/mol. The van der Waals surface area contributed by atoms with Gasteiger partial charge in [-0.3, -0.25) is 0 Å². The molecule has 0 heterocycles. The average molecular weight is 217 g/mol. The first-order valence-electron chi connectivity index (χ1n) is 6.33. The fourth-order valence-electron chi connectivity index (χ4n) is 2.65. The zero-order chi connectivity index (χ0) is 11.0. The fraction of sp³-hybridized carbons (Fsp3) is 0.571. The summed E-state index contributed by atoms with van der Waals surface area (Å²) in [6.07, 6.45) is 6.69. The van der Waals surface area contributed by atoms with Crippen molar-refractivity contribution in [2.75, 3.05) is 7.05 Å². The number of hydrogen-bond acceptors (Lipinski definition) is 2. The highest BCUT2D eigenvalue weighted by atomic mass is 16.5. The molecule has 3 rings (SSSR count). The van der Waals surface area contributed by atoms with Gasteiger partial charge in [0, 0.05) is 6.04 Å². The molecule has 0 aromatic heterocycles. The molecule has 86 valence electrons. The Kier molecular flexibility index (Phi) is 2.60. The molecule has 16 heavy (non-hydrogen) atoms. The van der Waals surface area contributed by atoms with E-state index in [0.717, 1.165) is 5.75 Å². The standard InChI is InChI=1S/C14H19NO/c1-15-14-8-5-10-9-12(6-7-13(10)14)16-11-3-2-4-11/h6-7,9,11,14-15H,2-5,8H2,1H3. The number of fused-ring (bicyclic) bond motifs is 1. The van der Waals surface area contributed by atoms with E-state index in [1.165, 1.54) is 43.2 Å². The second kappa shape index (κ2) is 4.10. The lowest BCUT2D eigenvalue weighted by Crippen LogP contribution is -2.24. The number of rotatable bonds is 3.